The number of rotatable bonds is 7. The van der Waals surface area contributed by atoms with Crippen LogP contribution in [0.15, 0.2) is 24.3 Å². The van der Waals surface area contributed by atoms with Crippen molar-refractivity contribution in [1.82, 2.24) is 4.90 Å². The summed E-state index contributed by atoms with van der Waals surface area (Å²) in [6.07, 6.45) is 11.5. The van der Waals surface area contributed by atoms with Gasteiger partial charge in [-0.05, 0) is 138 Å². The number of hydrogen-bond acceptors (Lipinski definition) is 3. The summed E-state index contributed by atoms with van der Waals surface area (Å²) in [7, 11) is 7.52. The first-order valence-corrected chi connectivity index (χ1v) is 15.4. The van der Waals surface area contributed by atoms with Crippen molar-refractivity contribution in [2.75, 3.05) is 28.3 Å². The summed E-state index contributed by atoms with van der Waals surface area (Å²) in [5.41, 5.74) is 5.64. The second-order valence-electron chi connectivity index (χ2n) is 11.2. The van der Waals surface area contributed by atoms with Gasteiger partial charge in [0, 0.05) is 6.04 Å². The van der Waals surface area contributed by atoms with Crippen LogP contribution >= 0.6 is 7.92 Å². The molecule has 2 aromatic carbocycles. The average Bonchev–Trinajstić information content (AvgIpc) is 3.54. The van der Waals surface area contributed by atoms with Gasteiger partial charge >= 0.3 is 17.1 Å². The van der Waals surface area contributed by atoms with Gasteiger partial charge in [0.15, 0.2) is 0 Å². The van der Waals surface area contributed by atoms with Crippen molar-refractivity contribution < 1.29 is 26.5 Å². The second kappa shape index (κ2) is 17.7. The SMILES string of the molecule is C1CCCC1.COc1c(C)cc(P(c2cc(C)c(OC)c(C)c2)C2CCCC2[C@@H](C)N(C)C)cc1C.[CH3-].[CH3-].[Fe+2]. The summed E-state index contributed by atoms with van der Waals surface area (Å²) in [5, 5.41) is 2.97. The van der Waals surface area contributed by atoms with Gasteiger partial charge in [-0.1, -0.05) is 38.5 Å². The Hall–Kier alpha value is -1.05. The average molecular weight is 598 g/mol. The van der Waals surface area contributed by atoms with Crippen LogP contribution in [0.5, 0.6) is 11.5 Å². The van der Waals surface area contributed by atoms with Crippen LogP contribution in [0.3, 0.4) is 0 Å². The van der Waals surface area contributed by atoms with E-state index >= 15 is 0 Å². The molecule has 2 saturated carbocycles. The molecule has 39 heavy (non-hydrogen) atoms. The van der Waals surface area contributed by atoms with Crippen molar-refractivity contribution in [2.45, 2.75) is 97.7 Å². The fourth-order valence-corrected chi connectivity index (χ4v) is 10.0. The van der Waals surface area contributed by atoms with Crippen LogP contribution in [0, 0.1) is 48.5 Å². The van der Waals surface area contributed by atoms with Gasteiger partial charge in [0.25, 0.3) is 0 Å². The molecular formula is C34H56FeNO2P. The van der Waals surface area contributed by atoms with Crippen molar-refractivity contribution in [3.63, 3.8) is 0 Å². The molecule has 2 unspecified atom stereocenters. The molecule has 2 aliphatic rings. The molecule has 5 heteroatoms. The monoisotopic (exact) mass is 597 g/mol. The molecule has 0 heterocycles. The number of nitrogens with zero attached hydrogens (tertiary/aromatic N) is 1. The maximum absolute atomic E-state index is 5.69. The maximum atomic E-state index is 5.69. The number of aryl methyl sites for hydroxylation is 4. The van der Waals surface area contributed by atoms with Gasteiger partial charge in [-0.3, -0.25) is 0 Å². The first-order valence-electron chi connectivity index (χ1n) is 14.0. The minimum absolute atomic E-state index is 0. The van der Waals surface area contributed by atoms with Crippen molar-refractivity contribution in [2.24, 2.45) is 5.92 Å². The first-order chi connectivity index (χ1) is 17.2. The predicted molar refractivity (Wildman–Crippen MR) is 171 cm³/mol. The number of hydrogen-bond donors (Lipinski definition) is 0. The number of methoxy groups -OCH3 is 2. The quantitative estimate of drug-likeness (QED) is 0.182. The largest absolute Gasteiger partial charge is 2.00 e. The molecule has 0 saturated heterocycles. The summed E-state index contributed by atoms with van der Waals surface area (Å²) in [4.78, 5) is 2.41. The fourth-order valence-electron chi connectivity index (χ4n) is 6.43. The molecule has 0 aliphatic heterocycles. The summed E-state index contributed by atoms with van der Waals surface area (Å²) < 4.78 is 11.4. The van der Waals surface area contributed by atoms with E-state index < -0.39 is 7.92 Å². The first kappa shape index (κ1) is 37.9. The zero-order valence-corrected chi connectivity index (χ0v) is 28.8. The second-order valence-corrected chi connectivity index (χ2v) is 13.7. The van der Waals surface area contributed by atoms with Crippen LogP contribution in [0.4, 0.5) is 0 Å². The summed E-state index contributed by atoms with van der Waals surface area (Å²) in [6, 6.07) is 10.1. The molecule has 222 valence electrons. The van der Waals surface area contributed by atoms with Gasteiger partial charge in [0.1, 0.15) is 11.5 Å². The van der Waals surface area contributed by atoms with Crippen molar-refractivity contribution >= 4 is 18.5 Å². The molecular weight excluding hydrogens is 541 g/mol. The van der Waals surface area contributed by atoms with E-state index in [2.05, 4.69) is 77.9 Å². The van der Waals surface area contributed by atoms with E-state index in [1.165, 1.54) is 84.2 Å². The molecule has 4 rings (SSSR count). The van der Waals surface area contributed by atoms with Crippen molar-refractivity contribution in [1.29, 1.82) is 0 Å². The van der Waals surface area contributed by atoms with Crippen molar-refractivity contribution in [3.8, 4) is 11.5 Å². The number of ether oxygens (including phenoxy) is 2. The fraction of sp³-hybridized carbons (Fsp3) is 0.588. The van der Waals surface area contributed by atoms with E-state index in [9.17, 15) is 0 Å². The summed E-state index contributed by atoms with van der Waals surface area (Å²) >= 11 is 0. The normalized spacial score (nSPS) is 18.8. The van der Waals surface area contributed by atoms with Gasteiger partial charge in [0.05, 0.1) is 14.2 Å². The molecule has 0 bridgehead atoms. The Kier molecular flexibility index (Phi) is 17.2. The predicted octanol–water partition coefficient (Wildman–Crippen LogP) is 8.34. The molecule has 3 nitrogen and oxygen atoms in total. The smallest absolute Gasteiger partial charge is 0.496 e. The zero-order chi connectivity index (χ0) is 26.4. The van der Waals surface area contributed by atoms with Gasteiger partial charge in [0.2, 0.25) is 0 Å². The van der Waals surface area contributed by atoms with Gasteiger partial charge in [-0.2, -0.15) is 0 Å². The van der Waals surface area contributed by atoms with E-state index in [1.54, 1.807) is 14.2 Å². The standard InChI is InChI=1S/C27H40NO2P.C5H10.2CH3.Fe/c1-17-13-22(14-18(2)26(17)29-8)31(23-15-19(3)27(30-9)20(4)16-23)25-12-10-11-24(25)21(5)28(6)7;1-2-4-5-3-1;;;/h13-16,21,24-25H,10-12H2,1-9H3;1-5H2;2*1H3;/q;;2*-1;+2/t21-,24?,25?;;;;/m1..../s1. The number of benzene rings is 2. The molecule has 0 N–H and O–H groups in total. The Labute approximate surface area is 254 Å². The molecule has 2 aliphatic carbocycles. The van der Waals surface area contributed by atoms with Gasteiger partial charge < -0.3 is 29.2 Å². The van der Waals surface area contributed by atoms with E-state index in [-0.39, 0.29) is 31.9 Å². The van der Waals surface area contributed by atoms with Gasteiger partial charge in [-0.25, -0.2) is 0 Å². The molecule has 2 aromatic rings. The van der Waals surface area contributed by atoms with Gasteiger partial charge in [-0.15, -0.1) is 0 Å². The topological polar surface area (TPSA) is 21.7 Å². The Morgan fingerprint density at radius 1 is 0.692 bits per heavy atom. The van der Waals surface area contributed by atoms with E-state index in [1.807, 2.05) is 0 Å². The molecule has 0 amide bonds. The summed E-state index contributed by atoms with van der Waals surface area (Å²) in [6.45, 7) is 11.1. The molecule has 2 fully saturated rings. The van der Waals surface area contributed by atoms with Crippen LogP contribution in [0.1, 0.15) is 80.5 Å². The third-order valence-electron chi connectivity index (χ3n) is 8.40. The summed E-state index contributed by atoms with van der Waals surface area (Å²) in [5.74, 6) is 2.75. The third-order valence-corrected chi connectivity index (χ3v) is 11.3. The molecule has 0 aromatic heterocycles. The minimum atomic E-state index is -0.486. The Morgan fingerprint density at radius 3 is 1.36 bits per heavy atom. The van der Waals surface area contributed by atoms with Crippen LogP contribution in [0.25, 0.3) is 0 Å². The van der Waals surface area contributed by atoms with E-state index in [0.717, 1.165) is 11.5 Å². The maximum Gasteiger partial charge on any atom is 2.00 e. The molecule has 3 atom stereocenters. The van der Waals surface area contributed by atoms with Crippen LogP contribution < -0.4 is 20.1 Å². The third kappa shape index (κ3) is 9.22. The van der Waals surface area contributed by atoms with Crippen LogP contribution in [-0.4, -0.2) is 44.9 Å². The zero-order valence-electron chi connectivity index (χ0n) is 26.8. The molecule has 0 spiro atoms. The van der Waals surface area contributed by atoms with Crippen LogP contribution in [0.2, 0.25) is 0 Å². The molecule has 0 radical (unpaired) electrons. The minimum Gasteiger partial charge on any atom is -0.496 e. The van der Waals surface area contributed by atoms with Crippen LogP contribution in [-0.2, 0) is 17.1 Å². The Morgan fingerprint density at radius 2 is 1.05 bits per heavy atom. The van der Waals surface area contributed by atoms with E-state index in [0.29, 0.717) is 17.6 Å². The Bertz CT molecular complexity index is 892. The van der Waals surface area contributed by atoms with Crippen molar-refractivity contribution in [3.05, 3.63) is 61.4 Å². The Balaban J connectivity index is 0.00000162. The van der Waals surface area contributed by atoms with E-state index in [4.69, 9.17) is 9.47 Å².